The van der Waals surface area contributed by atoms with E-state index in [1.807, 2.05) is 13.0 Å². The van der Waals surface area contributed by atoms with Crippen molar-refractivity contribution in [1.82, 2.24) is 0 Å². The van der Waals surface area contributed by atoms with E-state index in [-0.39, 0.29) is 10.9 Å². The van der Waals surface area contributed by atoms with E-state index in [1.54, 1.807) is 6.07 Å². The normalized spacial score (nSPS) is 24.3. The molecule has 0 heterocycles. The minimum absolute atomic E-state index is 0.0657. The summed E-state index contributed by atoms with van der Waals surface area (Å²) in [6.45, 7) is 1.92. The van der Waals surface area contributed by atoms with Crippen LogP contribution in [0.3, 0.4) is 0 Å². The third-order valence-electron chi connectivity index (χ3n) is 4.74. The van der Waals surface area contributed by atoms with Crippen molar-refractivity contribution in [2.24, 2.45) is 0 Å². The molecule has 0 bridgehead atoms. The number of hydrogen-bond acceptors (Lipinski definition) is 3. The smallest absolute Gasteiger partial charge is 0.250 e. The summed E-state index contributed by atoms with van der Waals surface area (Å²) >= 11 is 5.98. The molecule has 1 atom stereocenters. The van der Waals surface area contributed by atoms with Gasteiger partial charge in [-0.15, -0.1) is 0 Å². The van der Waals surface area contributed by atoms with Crippen molar-refractivity contribution in [3.8, 4) is 5.75 Å². The van der Waals surface area contributed by atoms with Gasteiger partial charge >= 0.3 is 0 Å². The molecule has 0 radical (unpaired) electrons. The maximum Gasteiger partial charge on any atom is 0.250 e. The molecular formula is C16H17ClF2O3S. The maximum atomic E-state index is 13.0. The number of sulfone groups is 1. The van der Waals surface area contributed by atoms with Crippen LogP contribution < -0.4 is 0 Å². The van der Waals surface area contributed by atoms with E-state index in [0.717, 1.165) is 18.4 Å². The van der Waals surface area contributed by atoms with Crippen LogP contribution in [0, 0.1) is 0 Å². The Labute approximate surface area is 138 Å². The highest BCUT2D eigenvalue weighted by Gasteiger charge is 2.53. The second-order valence-corrected chi connectivity index (χ2v) is 8.90. The first-order valence-corrected chi connectivity index (χ1v) is 9.35. The second-order valence-electron chi connectivity index (χ2n) is 6.32. The van der Waals surface area contributed by atoms with Gasteiger partial charge in [0.15, 0.2) is 9.84 Å². The fourth-order valence-electron chi connectivity index (χ4n) is 3.35. The molecule has 0 aliphatic heterocycles. The van der Waals surface area contributed by atoms with Crippen LogP contribution in [0.15, 0.2) is 28.7 Å². The number of phenolic OH excluding ortho intramolecular Hbond substituents is 1. The molecule has 0 aromatic heterocycles. The van der Waals surface area contributed by atoms with Crippen molar-refractivity contribution in [3.05, 3.63) is 34.4 Å². The molecule has 1 N–H and O–H groups in total. The summed E-state index contributed by atoms with van der Waals surface area (Å²) in [6, 6.07) is 3.03. The highest BCUT2D eigenvalue weighted by Crippen LogP contribution is 2.49. The lowest BCUT2D eigenvalue weighted by Crippen LogP contribution is -2.44. The summed E-state index contributed by atoms with van der Waals surface area (Å²) in [5, 5.41) is 9.18. The highest BCUT2D eigenvalue weighted by molar-refractivity contribution is 7.92. The zero-order valence-electron chi connectivity index (χ0n) is 12.5. The molecule has 0 amide bonds. The van der Waals surface area contributed by atoms with Crippen molar-refractivity contribution in [3.63, 3.8) is 0 Å². The zero-order valence-corrected chi connectivity index (χ0v) is 14.1. The van der Waals surface area contributed by atoms with Gasteiger partial charge in [-0.05, 0) is 25.8 Å². The molecule has 0 spiro atoms. The molecule has 1 fully saturated rings. The van der Waals surface area contributed by atoms with Crippen LogP contribution in [0.5, 0.6) is 5.75 Å². The van der Waals surface area contributed by atoms with Gasteiger partial charge in [0.1, 0.15) is 10.6 Å². The average Bonchev–Trinajstić information content (AvgIpc) is 2.82. The lowest BCUT2D eigenvalue weighted by molar-refractivity contribution is -0.0686. The van der Waals surface area contributed by atoms with E-state index in [2.05, 4.69) is 0 Å². The summed E-state index contributed by atoms with van der Waals surface area (Å²) in [7, 11) is -4.09. The van der Waals surface area contributed by atoms with Gasteiger partial charge in [0.05, 0.1) is 10.3 Å². The molecular weight excluding hydrogens is 346 g/mol. The Kier molecular flexibility index (Phi) is 3.96. The highest BCUT2D eigenvalue weighted by atomic mass is 35.5. The molecule has 1 aromatic carbocycles. The Bertz CT molecular complexity index is 779. The fourth-order valence-corrected chi connectivity index (χ4v) is 5.82. The number of aromatic hydroxyl groups is 1. The van der Waals surface area contributed by atoms with Gasteiger partial charge in [0.25, 0.3) is 5.92 Å². The molecule has 2 aliphatic rings. The van der Waals surface area contributed by atoms with E-state index >= 15 is 0 Å². The minimum atomic E-state index is -4.09. The first kappa shape index (κ1) is 16.7. The lowest BCUT2D eigenvalue weighted by Gasteiger charge is -2.34. The minimum Gasteiger partial charge on any atom is -0.506 e. The van der Waals surface area contributed by atoms with Gasteiger partial charge in [-0.25, -0.2) is 17.2 Å². The van der Waals surface area contributed by atoms with Gasteiger partial charge in [-0.3, -0.25) is 0 Å². The van der Waals surface area contributed by atoms with Gasteiger partial charge in [0, 0.05) is 24.3 Å². The Morgan fingerprint density at radius 3 is 2.48 bits per heavy atom. The number of alkyl halides is 2. The van der Waals surface area contributed by atoms with E-state index in [1.165, 1.54) is 6.07 Å². The summed E-state index contributed by atoms with van der Waals surface area (Å²) in [6.07, 6.45) is 2.23. The molecule has 3 nitrogen and oxygen atoms in total. The van der Waals surface area contributed by atoms with Gasteiger partial charge in [-0.2, -0.15) is 0 Å². The van der Waals surface area contributed by atoms with Crippen LogP contribution in [0.2, 0.25) is 5.02 Å². The van der Waals surface area contributed by atoms with Crippen molar-refractivity contribution < 1.29 is 22.3 Å². The predicted octanol–water partition coefficient (Wildman–Crippen LogP) is 4.44. The number of halogens is 3. The summed E-state index contributed by atoms with van der Waals surface area (Å²) < 4.78 is 51.3. The van der Waals surface area contributed by atoms with E-state index in [9.17, 15) is 22.3 Å². The molecule has 3 rings (SSSR count). The number of benzene rings is 1. The van der Waals surface area contributed by atoms with Crippen molar-refractivity contribution in [1.29, 1.82) is 0 Å². The first-order chi connectivity index (χ1) is 10.6. The summed E-state index contributed by atoms with van der Waals surface area (Å²) in [5.41, 5.74) is 1.55. The number of rotatable bonds is 3. The van der Waals surface area contributed by atoms with Gasteiger partial charge < -0.3 is 5.11 Å². The van der Waals surface area contributed by atoms with Gasteiger partial charge in [0.2, 0.25) is 0 Å². The molecule has 7 heteroatoms. The molecule has 0 saturated heterocycles. The summed E-state index contributed by atoms with van der Waals surface area (Å²) in [4.78, 5) is -0.406. The fraction of sp³-hybridized carbons (Fsp3) is 0.500. The molecule has 2 aliphatic carbocycles. The average molecular weight is 363 g/mol. The Morgan fingerprint density at radius 1 is 1.30 bits per heavy atom. The monoisotopic (exact) mass is 362 g/mol. The van der Waals surface area contributed by atoms with Crippen LogP contribution in [0.1, 0.15) is 44.1 Å². The van der Waals surface area contributed by atoms with Crippen LogP contribution >= 0.6 is 11.6 Å². The van der Waals surface area contributed by atoms with Crippen molar-refractivity contribution in [2.45, 2.75) is 54.6 Å². The van der Waals surface area contributed by atoms with Gasteiger partial charge in [-0.1, -0.05) is 29.3 Å². The van der Waals surface area contributed by atoms with Crippen molar-refractivity contribution in [2.75, 3.05) is 0 Å². The number of allylic oxidation sites excluding steroid dienone is 2. The van der Waals surface area contributed by atoms with Crippen LogP contribution in [0.4, 0.5) is 8.78 Å². The summed E-state index contributed by atoms with van der Waals surface area (Å²) in [5.74, 6) is -3.42. The first-order valence-electron chi connectivity index (χ1n) is 7.43. The molecule has 1 saturated carbocycles. The zero-order chi connectivity index (χ0) is 17.0. The van der Waals surface area contributed by atoms with Crippen LogP contribution in [-0.2, 0) is 9.84 Å². The SMILES string of the molecule is CC1=CCCC1c1ccc(Cl)c(S(=O)(=O)C2CC(F)(F)C2)c1O. The maximum absolute atomic E-state index is 13.0. The standard InChI is InChI=1S/C16H17ClF2O3S/c1-9-3-2-4-11(9)12-5-6-13(17)15(14(12)20)23(21,22)10-7-16(18,19)8-10/h3,5-6,10-11,20H,2,4,7-8H2,1H3. The third-order valence-corrected chi connectivity index (χ3v) is 7.36. The third kappa shape index (κ3) is 2.76. The van der Waals surface area contributed by atoms with E-state index < -0.39 is 44.5 Å². The molecule has 23 heavy (non-hydrogen) atoms. The van der Waals surface area contributed by atoms with E-state index in [0.29, 0.717) is 5.56 Å². The Morgan fingerprint density at radius 2 is 1.96 bits per heavy atom. The molecule has 126 valence electrons. The second kappa shape index (κ2) is 5.45. The quantitative estimate of drug-likeness (QED) is 0.809. The Hall–Kier alpha value is -1.14. The largest absolute Gasteiger partial charge is 0.506 e. The number of hydrogen-bond donors (Lipinski definition) is 1. The molecule has 1 aromatic rings. The van der Waals surface area contributed by atoms with Crippen molar-refractivity contribution >= 4 is 21.4 Å². The van der Waals surface area contributed by atoms with Crippen LogP contribution in [-0.4, -0.2) is 24.7 Å². The number of phenols is 1. The lowest BCUT2D eigenvalue weighted by atomic mass is 9.93. The topological polar surface area (TPSA) is 54.4 Å². The predicted molar refractivity (Wildman–Crippen MR) is 84.0 cm³/mol. The van der Waals surface area contributed by atoms with E-state index in [4.69, 9.17) is 11.6 Å². The Balaban J connectivity index is 2.04. The van der Waals surface area contributed by atoms with Crippen LogP contribution in [0.25, 0.3) is 0 Å². The molecule has 1 unspecified atom stereocenters.